The van der Waals surface area contributed by atoms with Crippen LogP contribution in [0.25, 0.3) is 11.1 Å². The number of fused-ring (bicyclic) bond motifs is 1. The molecule has 0 atom stereocenters. The molecule has 2 aliphatic rings. The summed E-state index contributed by atoms with van der Waals surface area (Å²) in [5.74, 6) is 0.942. The van der Waals surface area contributed by atoms with E-state index < -0.39 is 0 Å². The molecule has 0 bridgehead atoms. The summed E-state index contributed by atoms with van der Waals surface area (Å²) in [6, 6.07) is 14.6. The van der Waals surface area contributed by atoms with E-state index in [0.29, 0.717) is 6.54 Å². The van der Waals surface area contributed by atoms with E-state index in [1.807, 2.05) is 12.1 Å². The predicted molar refractivity (Wildman–Crippen MR) is 113 cm³/mol. The van der Waals surface area contributed by atoms with Gasteiger partial charge in [0.25, 0.3) is 0 Å². The van der Waals surface area contributed by atoms with Crippen molar-refractivity contribution in [2.75, 3.05) is 13.2 Å². The van der Waals surface area contributed by atoms with Gasteiger partial charge >= 0.3 is 0 Å². The van der Waals surface area contributed by atoms with Crippen LogP contribution in [0.5, 0.6) is 5.75 Å². The van der Waals surface area contributed by atoms with Gasteiger partial charge in [0.15, 0.2) is 0 Å². The highest BCUT2D eigenvalue weighted by atomic mass is 16.5. The molecule has 4 rings (SSSR count). The van der Waals surface area contributed by atoms with Crippen LogP contribution in [0.1, 0.15) is 43.2 Å². The second-order valence-electron chi connectivity index (χ2n) is 7.95. The van der Waals surface area contributed by atoms with Crippen molar-refractivity contribution in [3.05, 3.63) is 53.6 Å². The molecule has 1 heterocycles. The lowest BCUT2D eigenvalue weighted by molar-refractivity contribution is -0.128. The Labute approximate surface area is 171 Å². The van der Waals surface area contributed by atoms with Crippen LogP contribution in [0.15, 0.2) is 42.5 Å². The third kappa shape index (κ3) is 4.97. The lowest BCUT2D eigenvalue weighted by atomic mass is 9.98. The fourth-order valence-electron chi connectivity index (χ4n) is 4.12. The summed E-state index contributed by atoms with van der Waals surface area (Å²) in [5, 5.41) is 5.63. The van der Waals surface area contributed by atoms with Gasteiger partial charge in [0.1, 0.15) is 5.75 Å². The molecule has 152 valence electrons. The first-order chi connectivity index (χ1) is 14.2. The fraction of sp³-hybridized carbons (Fsp3) is 0.417. The number of nitrogens with one attached hydrogen (secondary N) is 2. The summed E-state index contributed by atoms with van der Waals surface area (Å²) >= 11 is 0. The van der Waals surface area contributed by atoms with Crippen LogP contribution in [0.2, 0.25) is 0 Å². The molecule has 1 saturated carbocycles. The Morgan fingerprint density at radius 3 is 2.48 bits per heavy atom. The molecule has 5 heteroatoms. The van der Waals surface area contributed by atoms with E-state index in [1.54, 1.807) is 0 Å². The lowest BCUT2D eigenvalue weighted by Gasteiger charge is -2.18. The van der Waals surface area contributed by atoms with Gasteiger partial charge in [0.05, 0.1) is 13.2 Å². The molecular weight excluding hydrogens is 364 g/mol. The first-order valence-corrected chi connectivity index (χ1v) is 10.6. The number of hydrogen-bond donors (Lipinski definition) is 2. The predicted octanol–water partition coefficient (Wildman–Crippen LogP) is 3.60. The van der Waals surface area contributed by atoms with E-state index in [1.165, 1.54) is 11.1 Å². The zero-order chi connectivity index (χ0) is 20.1. The quantitative estimate of drug-likeness (QED) is 0.789. The van der Waals surface area contributed by atoms with Crippen molar-refractivity contribution in [1.82, 2.24) is 10.6 Å². The zero-order valence-electron chi connectivity index (χ0n) is 16.7. The monoisotopic (exact) mass is 392 g/mol. The summed E-state index contributed by atoms with van der Waals surface area (Å²) in [4.78, 5) is 24.0. The summed E-state index contributed by atoms with van der Waals surface area (Å²) in [6.45, 7) is 1.30. The number of carbonyl (C=O) groups excluding carboxylic acids is 2. The largest absolute Gasteiger partial charge is 0.493 e. The topological polar surface area (TPSA) is 67.4 Å². The SMILES string of the molecule is O=C(CNC(=O)C1CCCC1)NCc1ccc(-c2ccc3c(c2)CCCO3)cc1. The number of benzene rings is 2. The summed E-state index contributed by atoms with van der Waals surface area (Å²) in [6.07, 6.45) is 6.23. The van der Waals surface area contributed by atoms with E-state index in [9.17, 15) is 9.59 Å². The number of ether oxygens (including phenoxy) is 1. The van der Waals surface area contributed by atoms with E-state index >= 15 is 0 Å². The Morgan fingerprint density at radius 2 is 1.69 bits per heavy atom. The molecule has 2 amide bonds. The first-order valence-electron chi connectivity index (χ1n) is 10.6. The molecule has 0 saturated heterocycles. The summed E-state index contributed by atoms with van der Waals surface area (Å²) in [5.41, 5.74) is 4.63. The molecule has 0 aromatic heterocycles. The summed E-state index contributed by atoms with van der Waals surface area (Å²) in [7, 11) is 0. The smallest absolute Gasteiger partial charge is 0.239 e. The van der Waals surface area contributed by atoms with Gasteiger partial charge in [-0.2, -0.15) is 0 Å². The van der Waals surface area contributed by atoms with Crippen LogP contribution in [0.3, 0.4) is 0 Å². The molecule has 2 N–H and O–H groups in total. The molecule has 2 aromatic rings. The van der Waals surface area contributed by atoms with Gasteiger partial charge in [-0.15, -0.1) is 0 Å². The maximum atomic E-state index is 12.0. The van der Waals surface area contributed by atoms with Crippen molar-refractivity contribution >= 4 is 11.8 Å². The highest BCUT2D eigenvalue weighted by Crippen LogP contribution is 2.30. The van der Waals surface area contributed by atoms with Crippen LogP contribution in [-0.2, 0) is 22.6 Å². The lowest BCUT2D eigenvalue weighted by Crippen LogP contribution is -2.38. The standard InChI is InChI=1S/C24H28N2O3/c27-23(16-26-24(28)19-4-1-2-5-19)25-15-17-7-9-18(10-8-17)20-11-12-22-21(14-20)6-3-13-29-22/h7-12,14,19H,1-6,13,15-16H2,(H,25,27)(H,26,28). The van der Waals surface area contributed by atoms with Crippen LogP contribution >= 0.6 is 0 Å². The minimum Gasteiger partial charge on any atom is -0.493 e. The minimum atomic E-state index is -0.157. The number of rotatable bonds is 6. The van der Waals surface area contributed by atoms with Crippen molar-refractivity contribution in [2.24, 2.45) is 5.92 Å². The number of hydrogen-bond acceptors (Lipinski definition) is 3. The molecule has 1 aliphatic carbocycles. The number of amides is 2. The molecule has 2 aromatic carbocycles. The van der Waals surface area contributed by atoms with E-state index in [4.69, 9.17) is 4.74 Å². The normalized spacial score (nSPS) is 16.0. The second kappa shape index (κ2) is 9.12. The third-order valence-electron chi connectivity index (χ3n) is 5.83. The van der Waals surface area contributed by atoms with Crippen LogP contribution in [0, 0.1) is 5.92 Å². The number of carbonyl (C=O) groups is 2. The van der Waals surface area contributed by atoms with Crippen LogP contribution in [-0.4, -0.2) is 25.0 Å². The molecular formula is C24H28N2O3. The van der Waals surface area contributed by atoms with Crippen LogP contribution < -0.4 is 15.4 Å². The van der Waals surface area contributed by atoms with Crippen LogP contribution in [0.4, 0.5) is 0 Å². The maximum Gasteiger partial charge on any atom is 0.239 e. The third-order valence-corrected chi connectivity index (χ3v) is 5.83. The average molecular weight is 392 g/mol. The molecule has 1 fully saturated rings. The number of aryl methyl sites for hydroxylation is 1. The Balaban J connectivity index is 1.27. The fourth-order valence-corrected chi connectivity index (χ4v) is 4.12. The molecule has 5 nitrogen and oxygen atoms in total. The van der Waals surface area contributed by atoms with E-state index in [0.717, 1.165) is 62.0 Å². The highest BCUT2D eigenvalue weighted by molar-refractivity contribution is 5.85. The zero-order valence-corrected chi connectivity index (χ0v) is 16.7. The van der Waals surface area contributed by atoms with Crippen molar-refractivity contribution in [3.8, 4) is 16.9 Å². The van der Waals surface area contributed by atoms with E-state index in [2.05, 4.69) is 41.0 Å². The summed E-state index contributed by atoms with van der Waals surface area (Å²) < 4.78 is 5.68. The Hall–Kier alpha value is -2.82. The van der Waals surface area contributed by atoms with Gasteiger partial charge in [-0.1, -0.05) is 43.2 Å². The Bertz CT molecular complexity index is 870. The van der Waals surface area contributed by atoms with Gasteiger partial charge in [-0.3, -0.25) is 9.59 Å². The van der Waals surface area contributed by atoms with Gasteiger partial charge in [0.2, 0.25) is 11.8 Å². The minimum absolute atomic E-state index is 0.0115. The molecule has 0 radical (unpaired) electrons. The molecule has 29 heavy (non-hydrogen) atoms. The van der Waals surface area contributed by atoms with Crippen molar-refractivity contribution < 1.29 is 14.3 Å². The Morgan fingerprint density at radius 1 is 0.931 bits per heavy atom. The molecule has 0 spiro atoms. The van der Waals surface area contributed by atoms with Crippen molar-refractivity contribution in [3.63, 3.8) is 0 Å². The Kier molecular flexibility index (Phi) is 6.13. The second-order valence-corrected chi connectivity index (χ2v) is 7.95. The van der Waals surface area contributed by atoms with Gasteiger partial charge in [-0.05, 0) is 60.1 Å². The molecule has 0 unspecified atom stereocenters. The van der Waals surface area contributed by atoms with E-state index in [-0.39, 0.29) is 24.3 Å². The van der Waals surface area contributed by atoms with Crippen molar-refractivity contribution in [2.45, 2.75) is 45.1 Å². The first kappa shape index (κ1) is 19.5. The average Bonchev–Trinajstić information content (AvgIpc) is 3.31. The van der Waals surface area contributed by atoms with Gasteiger partial charge < -0.3 is 15.4 Å². The maximum absolute atomic E-state index is 12.0. The van der Waals surface area contributed by atoms with Gasteiger partial charge in [0, 0.05) is 12.5 Å². The van der Waals surface area contributed by atoms with Gasteiger partial charge in [-0.25, -0.2) is 0 Å². The van der Waals surface area contributed by atoms with Crippen molar-refractivity contribution in [1.29, 1.82) is 0 Å². The molecule has 1 aliphatic heterocycles. The highest BCUT2D eigenvalue weighted by Gasteiger charge is 2.22.